The molecule has 1 aromatic heterocycles. The Morgan fingerprint density at radius 2 is 2.00 bits per heavy atom. The first kappa shape index (κ1) is 12.4. The van der Waals surface area contributed by atoms with Gasteiger partial charge in [0.15, 0.2) is 5.13 Å². The molecule has 1 aliphatic carbocycles. The fraction of sp³-hybridized carbons (Fsp3) is 0.188. The maximum atomic E-state index is 4.65. The molecule has 1 N–H and O–H groups in total. The first-order chi connectivity index (χ1) is 9.79. The fourth-order valence-corrected chi connectivity index (χ4v) is 4.02. The quantitative estimate of drug-likeness (QED) is 0.720. The van der Waals surface area contributed by atoms with Gasteiger partial charge >= 0.3 is 0 Å². The van der Waals surface area contributed by atoms with Crippen LogP contribution in [0.25, 0.3) is 10.2 Å². The molecule has 0 spiro atoms. The molecule has 1 fully saturated rings. The van der Waals surface area contributed by atoms with E-state index in [0.717, 1.165) is 15.1 Å². The number of hydrogen-bond donors (Lipinski definition) is 1. The van der Waals surface area contributed by atoms with Gasteiger partial charge in [0.25, 0.3) is 0 Å². The maximum absolute atomic E-state index is 4.65. The van der Waals surface area contributed by atoms with Gasteiger partial charge in [-0.15, -0.1) is 0 Å². The Kier molecular flexibility index (Phi) is 3.00. The van der Waals surface area contributed by atoms with E-state index in [1.807, 2.05) is 6.07 Å². The predicted octanol–water partition coefficient (Wildman–Crippen LogP) is 5.03. The van der Waals surface area contributed by atoms with E-state index < -0.39 is 0 Å². The number of nitrogens with one attached hydrogen (secondary N) is 1. The molecular formula is C16H13BrN2S. The summed E-state index contributed by atoms with van der Waals surface area (Å²) in [5.41, 5.74) is 2.49. The van der Waals surface area contributed by atoms with Gasteiger partial charge in [0.05, 0.1) is 10.2 Å². The molecule has 0 amide bonds. The lowest BCUT2D eigenvalue weighted by atomic mass is 10.1. The summed E-state index contributed by atoms with van der Waals surface area (Å²) in [6.07, 6.45) is 1.20. The van der Waals surface area contributed by atoms with Crippen molar-refractivity contribution in [3.8, 4) is 0 Å². The van der Waals surface area contributed by atoms with Crippen molar-refractivity contribution in [3.05, 3.63) is 58.6 Å². The molecule has 20 heavy (non-hydrogen) atoms. The molecule has 1 aliphatic rings. The zero-order valence-corrected chi connectivity index (χ0v) is 13.1. The molecule has 0 saturated heterocycles. The lowest BCUT2D eigenvalue weighted by Crippen LogP contribution is -2.03. The lowest BCUT2D eigenvalue weighted by Gasteiger charge is -2.01. The van der Waals surface area contributed by atoms with Gasteiger partial charge in [0.1, 0.15) is 0 Å². The molecule has 4 heteroatoms. The van der Waals surface area contributed by atoms with Crippen LogP contribution in [-0.4, -0.2) is 11.0 Å². The van der Waals surface area contributed by atoms with Crippen LogP contribution < -0.4 is 5.32 Å². The van der Waals surface area contributed by atoms with Crippen LogP contribution in [0, 0.1) is 0 Å². The minimum atomic E-state index is 0.529. The van der Waals surface area contributed by atoms with Crippen LogP contribution in [0.5, 0.6) is 0 Å². The Balaban J connectivity index is 1.52. The number of rotatable bonds is 3. The number of nitrogens with zero attached hydrogens (tertiary/aromatic N) is 1. The van der Waals surface area contributed by atoms with Crippen LogP contribution in [0.2, 0.25) is 0 Å². The minimum absolute atomic E-state index is 0.529. The number of benzene rings is 2. The van der Waals surface area contributed by atoms with Crippen molar-refractivity contribution < 1.29 is 0 Å². The maximum Gasteiger partial charge on any atom is 0.184 e. The third kappa shape index (κ3) is 2.34. The van der Waals surface area contributed by atoms with Crippen molar-refractivity contribution in [1.82, 2.24) is 4.98 Å². The second kappa shape index (κ2) is 4.86. The molecule has 3 aromatic rings. The first-order valence-electron chi connectivity index (χ1n) is 6.67. The number of anilines is 1. The van der Waals surface area contributed by atoms with Crippen molar-refractivity contribution >= 4 is 42.6 Å². The highest BCUT2D eigenvalue weighted by molar-refractivity contribution is 9.10. The molecule has 0 bridgehead atoms. The monoisotopic (exact) mass is 344 g/mol. The average Bonchev–Trinajstić information content (AvgIpc) is 3.10. The topological polar surface area (TPSA) is 24.9 Å². The summed E-state index contributed by atoms with van der Waals surface area (Å²) >= 11 is 5.23. The number of thiazole rings is 1. The van der Waals surface area contributed by atoms with Gasteiger partial charge in [0.2, 0.25) is 0 Å². The van der Waals surface area contributed by atoms with Crippen molar-refractivity contribution in [3.63, 3.8) is 0 Å². The van der Waals surface area contributed by atoms with E-state index >= 15 is 0 Å². The van der Waals surface area contributed by atoms with E-state index in [1.54, 1.807) is 11.3 Å². The molecule has 2 atom stereocenters. The first-order valence-corrected chi connectivity index (χ1v) is 8.28. The van der Waals surface area contributed by atoms with E-state index in [9.17, 15) is 0 Å². The van der Waals surface area contributed by atoms with Crippen LogP contribution in [-0.2, 0) is 0 Å². The number of halogens is 1. The lowest BCUT2D eigenvalue weighted by molar-refractivity contribution is 1.04. The van der Waals surface area contributed by atoms with E-state index in [2.05, 4.69) is 68.7 Å². The molecular weight excluding hydrogens is 332 g/mol. The normalized spacial score (nSPS) is 21.1. The van der Waals surface area contributed by atoms with E-state index in [1.165, 1.54) is 16.7 Å². The Hall–Kier alpha value is -1.39. The van der Waals surface area contributed by atoms with Gasteiger partial charge in [0, 0.05) is 16.4 Å². The summed E-state index contributed by atoms with van der Waals surface area (Å²) in [5.74, 6) is 0.634. The highest BCUT2D eigenvalue weighted by Gasteiger charge is 2.38. The largest absolute Gasteiger partial charge is 0.358 e. The van der Waals surface area contributed by atoms with Crippen LogP contribution in [0.4, 0.5) is 5.13 Å². The Labute approximate surface area is 130 Å². The smallest absolute Gasteiger partial charge is 0.184 e. The Bertz CT molecular complexity index is 754. The van der Waals surface area contributed by atoms with Crippen LogP contribution in [0.1, 0.15) is 17.9 Å². The second-order valence-corrected chi connectivity index (χ2v) is 7.08. The van der Waals surface area contributed by atoms with Crippen molar-refractivity contribution in [2.45, 2.75) is 18.4 Å². The van der Waals surface area contributed by atoms with Gasteiger partial charge in [-0.1, -0.05) is 57.6 Å². The Morgan fingerprint density at radius 1 is 1.15 bits per heavy atom. The van der Waals surface area contributed by atoms with Gasteiger partial charge < -0.3 is 5.32 Å². The minimum Gasteiger partial charge on any atom is -0.358 e. The molecule has 4 rings (SSSR count). The summed E-state index contributed by atoms with van der Waals surface area (Å²) in [5, 5.41) is 4.59. The third-order valence-corrected chi connectivity index (χ3v) is 5.12. The van der Waals surface area contributed by atoms with Crippen LogP contribution in [0.15, 0.2) is 53.0 Å². The molecule has 2 nitrogen and oxygen atoms in total. The summed E-state index contributed by atoms with van der Waals surface area (Å²) in [4.78, 5) is 4.65. The molecule has 2 unspecified atom stereocenters. The number of hydrogen-bond acceptors (Lipinski definition) is 3. The summed E-state index contributed by atoms with van der Waals surface area (Å²) in [7, 11) is 0. The van der Waals surface area contributed by atoms with Gasteiger partial charge in [-0.05, 0) is 30.2 Å². The zero-order chi connectivity index (χ0) is 13.5. The highest BCUT2D eigenvalue weighted by atomic mass is 79.9. The Morgan fingerprint density at radius 3 is 2.85 bits per heavy atom. The van der Waals surface area contributed by atoms with Crippen LogP contribution in [0.3, 0.4) is 0 Å². The third-order valence-electron chi connectivity index (χ3n) is 3.68. The van der Waals surface area contributed by atoms with E-state index in [0.29, 0.717) is 12.0 Å². The molecule has 0 aliphatic heterocycles. The molecule has 100 valence electrons. The van der Waals surface area contributed by atoms with Gasteiger partial charge in [-0.25, -0.2) is 4.98 Å². The summed E-state index contributed by atoms with van der Waals surface area (Å²) in [6.45, 7) is 0. The van der Waals surface area contributed by atoms with Crippen LogP contribution >= 0.6 is 27.3 Å². The average molecular weight is 345 g/mol. The molecule has 0 radical (unpaired) electrons. The summed E-state index contributed by atoms with van der Waals surface area (Å²) < 4.78 is 2.33. The van der Waals surface area contributed by atoms with E-state index in [-0.39, 0.29) is 0 Å². The van der Waals surface area contributed by atoms with E-state index in [4.69, 9.17) is 0 Å². The van der Waals surface area contributed by atoms with Crippen molar-refractivity contribution in [2.24, 2.45) is 0 Å². The summed E-state index contributed by atoms with van der Waals surface area (Å²) in [6, 6.07) is 17.5. The number of fused-ring (bicyclic) bond motifs is 1. The van der Waals surface area contributed by atoms with Crippen molar-refractivity contribution in [1.29, 1.82) is 0 Å². The van der Waals surface area contributed by atoms with Crippen molar-refractivity contribution in [2.75, 3.05) is 5.32 Å². The van der Waals surface area contributed by atoms with Gasteiger partial charge in [-0.3, -0.25) is 0 Å². The fourth-order valence-electron chi connectivity index (χ4n) is 2.54. The standard InChI is InChI=1S/C16H13BrN2S/c17-11-6-7-13-15(8-11)20-16(18-13)19-14-9-12(14)10-4-2-1-3-5-10/h1-8,12,14H,9H2,(H,18,19). The highest BCUT2D eigenvalue weighted by Crippen LogP contribution is 2.43. The second-order valence-electron chi connectivity index (χ2n) is 5.13. The number of aromatic nitrogens is 1. The molecule has 1 heterocycles. The SMILES string of the molecule is Brc1ccc2nc(NC3CC3c3ccccc3)sc2c1. The predicted molar refractivity (Wildman–Crippen MR) is 88.5 cm³/mol. The molecule has 2 aromatic carbocycles. The van der Waals surface area contributed by atoms with Gasteiger partial charge in [-0.2, -0.15) is 0 Å². The molecule has 1 saturated carbocycles. The zero-order valence-electron chi connectivity index (χ0n) is 10.7.